The van der Waals surface area contributed by atoms with Crippen molar-refractivity contribution >= 4 is 18.2 Å². The minimum Gasteiger partial charge on any atom is -0.480 e. The molecule has 0 aromatic carbocycles. The molecule has 2 rings (SSSR count). The van der Waals surface area contributed by atoms with Crippen molar-refractivity contribution in [1.82, 2.24) is 10.6 Å². The number of amides is 2. The van der Waals surface area contributed by atoms with Gasteiger partial charge < -0.3 is 25.2 Å². The molecule has 3 N–H and O–H groups in total. The van der Waals surface area contributed by atoms with E-state index >= 15 is 0 Å². The predicted octanol–water partition coefficient (Wildman–Crippen LogP) is 2.83. The molecule has 0 aliphatic heterocycles. The van der Waals surface area contributed by atoms with Gasteiger partial charge in [0.15, 0.2) is 0 Å². The lowest BCUT2D eigenvalue weighted by Crippen LogP contribution is -2.43. The minimum atomic E-state index is -1.11. The fourth-order valence-electron chi connectivity index (χ4n) is 3.42. The quantitative estimate of drug-likeness (QED) is 0.439. The van der Waals surface area contributed by atoms with Crippen LogP contribution in [0.1, 0.15) is 52.9 Å². The molecule has 0 aromatic heterocycles. The highest BCUT2D eigenvalue weighted by Crippen LogP contribution is 2.40. The number of carboxylic acids is 1. The zero-order valence-electron chi connectivity index (χ0n) is 16.2. The summed E-state index contributed by atoms with van der Waals surface area (Å²) in [6.07, 6.45) is 6.43. The maximum Gasteiger partial charge on any atom is 0.408 e. The monoisotopic (exact) mass is 382 g/mol. The fourth-order valence-corrected chi connectivity index (χ4v) is 3.42. The van der Waals surface area contributed by atoms with E-state index < -0.39 is 29.8 Å². The first kappa shape index (κ1) is 21.1. The normalized spacial score (nSPS) is 24.3. The fraction of sp³-hybridized carbons (Fsp3) is 0.737. The topological polar surface area (TPSA) is 114 Å². The Morgan fingerprint density at radius 3 is 2.44 bits per heavy atom. The molecule has 4 atom stereocenters. The van der Waals surface area contributed by atoms with Crippen LogP contribution in [0.3, 0.4) is 0 Å². The molecule has 2 aliphatic rings. The molecule has 2 bridgehead atoms. The zero-order valence-corrected chi connectivity index (χ0v) is 16.2. The molecular formula is C19H30N2O6. The second kappa shape index (κ2) is 9.10. The van der Waals surface area contributed by atoms with Gasteiger partial charge in [0.2, 0.25) is 0 Å². The summed E-state index contributed by atoms with van der Waals surface area (Å²) in [4.78, 5) is 34.8. The van der Waals surface area contributed by atoms with Crippen molar-refractivity contribution in [3.05, 3.63) is 12.2 Å². The first-order chi connectivity index (χ1) is 12.6. The molecule has 152 valence electrons. The van der Waals surface area contributed by atoms with Crippen LogP contribution in [0.2, 0.25) is 0 Å². The second-order valence-corrected chi connectivity index (χ2v) is 8.18. The molecular weight excluding hydrogens is 352 g/mol. The minimum absolute atomic E-state index is 0.0329. The Hall–Kier alpha value is -2.25. The number of hydrogen-bond acceptors (Lipinski definition) is 5. The van der Waals surface area contributed by atoms with Gasteiger partial charge in [-0.1, -0.05) is 12.2 Å². The summed E-state index contributed by atoms with van der Waals surface area (Å²) in [5.41, 5.74) is -0.688. The summed E-state index contributed by atoms with van der Waals surface area (Å²) in [7, 11) is 0. The molecule has 0 aromatic rings. The van der Waals surface area contributed by atoms with E-state index in [9.17, 15) is 19.5 Å². The van der Waals surface area contributed by atoms with Gasteiger partial charge in [-0.25, -0.2) is 14.4 Å². The maximum atomic E-state index is 11.8. The van der Waals surface area contributed by atoms with Crippen LogP contribution in [0.4, 0.5) is 9.59 Å². The Kier molecular flexibility index (Phi) is 7.10. The number of carbonyl (C=O) groups excluding carboxylic acids is 2. The van der Waals surface area contributed by atoms with Gasteiger partial charge in [-0.3, -0.25) is 0 Å². The van der Waals surface area contributed by atoms with E-state index in [0.29, 0.717) is 31.2 Å². The summed E-state index contributed by atoms with van der Waals surface area (Å²) in [5, 5.41) is 14.3. The number of rotatable bonds is 8. The number of alkyl carbamates (subject to hydrolysis) is 2. The van der Waals surface area contributed by atoms with Crippen LogP contribution in [0, 0.1) is 11.8 Å². The third-order valence-corrected chi connectivity index (χ3v) is 4.65. The molecule has 0 radical (unpaired) electrons. The molecule has 2 amide bonds. The third kappa shape index (κ3) is 7.11. The lowest BCUT2D eigenvalue weighted by molar-refractivity contribution is -0.139. The van der Waals surface area contributed by atoms with Crippen molar-refractivity contribution in [2.24, 2.45) is 11.8 Å². The van der Waals surface area contributed by atoms with E-state index in [4.69, 9.17) is 9.47 Å². The molecule has 1 unspecified atom stereocenters. The number of aliphatic carboxylic acids is 1. The highest BCUT2D eigenvalue weighted by Gasteiger charge is 2.38. The molecule has 0 spiro atoms. The number of nitrogens with one attached hydrogen (secondary N) is 2. The van der Waals surface area contributed by atoms with Crippen molar-refractivity contribution in [3.8, 4) is 0 Å². The molecule has 8 heteroatoms. The lowest BCUT2D eigenvalue weighted by atomic mass is 10.1. The van der Waals surface area contributed by atoms with Crippen LogP contribution in [0.15, 0.2) is 12.2 Å². The number of allylic oxidation sites excluding steroid dienone is 1. The Morgan fingerprint density at radius 2 is 1.89 bits per heavy atom. The Morgan fingerprint density at radius 1 is 1.15 bits per heavy atom. The van der Waals surface area contributed by atoms with Crippen molar-refractivity contribution in [2.45, 2.75) is 70.6 Å². The molecule has 1 saturated carbocycles. The molecule has 2 aliphatic carbocycles. The molecule has 0 saturated heterocycles. The van der Waals surface area contributed by atoms with Gasteiger partial charge in [-0.15, -0.1) is 0 Å². The van der Waals surface area contributed by atoms with E-state index in [1.807, 2.05) is 0 Å². The van der Waals surface area contributed by atoms with E-state index in [1.54, 1.807) is 20.8 Å². The highest BCUT2D eigenvalue weighted by molar-refractivity contribution is 5.79. The number of unbranched alkanes of at least 4 members (excludes halogenated alkanes) is 1. The second-order valence-electron chi connectivity index (χ2n) is 8.18. The largest absolute Gasteiger partial charge is 0.480 e. The summed E-state index contributed by atoms with van der Waals surface area (Å²) >= 11 is 0. The van der Waals surface area contributed by atoms with Crippen LogP contribution >= 0.6 is 0 Å². The average Bonchev–Trinajstić information content (AvgIpc) is 3.14. The van der Waals surface area contributed by atoms with Gasteiger partial charge in [0.25, 0.3) is 0 Å². The van der Waals surface area contributed by atoms with Crippen molar-refractivity contribution in [3.63, 3.8) is 0 Å². The van der Waals surface area contributed by atoms with Gasteiger partial charge in [0.1, 0.15) is 17.7 Å². The highest BCUT2D eigenvalue weighted by atomic mass is 16.6. The Balaban J connectivity index is 1.59. The predicted molar refractivity (Wildman–Crippen MR) is 98.3 cm³/mol. The standard InChI is InChI=1S/C19H30N2O6/c1-19(2,3)27-18(25)21-14(16(22)23)6-4-5-9-20-17(24)26-15-11-12-7-8-13(15)10-12/h7-8,12-15H,4-6,9-11H2,1-3H3,(H,20,24)(H,21,25)(H,22,23)/t12-,13+,14+,15?/m1/s1. The van der Waals surface area contributed by atoms with Crippen LogP contribution in [-0.2, 0) is 14.3 Å². The van der Waals surface area contributed by atoms with Gasteiger partial charge in [-0.05, 0) is 58.8 Å². The van der Waals surface area contributed by atoms with Gasteiger partial charge in [-0.2, -0.15) is 0 Å². The molecule has 8 nitrogen and oxygen atoms in total. The number of fused-ring (bicyclic) bond motifs is 2. The number of carbonyl (C=O) groups is 3. The van der Waals surface area contributed by atoms with Gasteiger partial charge >= 0.3 is 18.2 Å². The Bertz CT molecular complexity index is 583. The third-order valence-electron chi connectivity index (χ3n) is 4.65. The van der Waals surface area contributed by atoms with Crippen LogP contribution in [0.25, 0.3) is 0 Å². The van der Waals surface area contributed by atoms with Crippen molar-refractivity contribution < 1.29 is 29.0 Å². The average molecular weight is 382 g/mol. The van der Waals surface area contributed by atoms with Gasteiger partial charge in [0, 0.05) is 12.5 Å². The lowest BCUT2D eigenvalue weighted by Gasteiger charge is -2.22. The smallest absolute Gasteiger partial charge is 0.408 e. The Labute approximate surface area is 159 Å². The first-order valence-corrected chi connectivity index (χ1v) is 9.49. The maximum absolute atomic E-state index is 11.8. The summed E-state index contributed by atoms with van der Waals surface area (Å²) in [6.45, 7) is 5.52. The summed E-state index contributed by atoms with van der Waals surface area (Å²) in [6, 6.07) is -1.02. The van der Waals surface area contributed by atoms with Crippen LogP contribution in [-0.4, -0.2) is 47.6 Å². The number of hydrogen-bond donors (Lipinski definition) is 3. The van der Waals surface area contributed by atoms with Crippen molar-refractivity contribution in [1.29, 1.82) is 0 Å². The zero-order chi connectivity index (χ0) is 20.0. The summed E-state index contributed by atoms with van der Waals surface area (Å²) < 4.78 is 10.5. The van der Waals surface area contributed by atoms with Crippen LogP contribution in [0.5, 0.6) is 0 Å². The van der Waals surface area contributed by atoms with Crippen LogP contribution < -0.4 is 10.6 Å². The number of carboxylic acid groups (broad SMARTS) is 1. The summed E-state index contributed by atoms with van der Waals surface area (Å²) in [5.74, 6) is -0.230. The van der Waals surface area contributed by atoms with E-state index in [1.165, 1.54) is 0 Å². The molecule has 0 heterocycles. The SMILES string of the molecule is CC(C)(C)OC(=O)N[C@@H](CCCCNC(=O)OC1C[C@@H]2C=C[C@H]1C2)C(=O)O. The van der Waals surface area contributed by atoms with E-state index in [-0.39, 0.29) is 12.5 Å². The van der Waals surface area contributed by atoms with Gasteiger partial charge in [0.05, 0.1) is 0 Å². The van der Waals surface area contributed by atoms with E-state index in [0.717, 1.165) is 12.8 Å². The van der Waals surface area contributed by atoms with Crippen molar-refractivity contribution in [2.75, 3.05) is 6.54 Å². The first-order valence-electron chi connectivity index (χ1n) is 9.49. The number of ether oxygens (including phenoxy) is 2. The van der Waals surface area contributed by atoms with E-state index in [2.05, 4.69) is 22.8 Å². The molecule has 1 fully saturated rings. The molecule has 27 heavy (non-hydrogen) atoms.